The first kappa shape index (κ1) is 17.0. The SMILES string of the molecule is C=C(c1ccc(C)cn1)c1cc2c(cc1C)C(C)(C)CCC2(C)C. The number of pyridine rings is 1. The Hall–Kier alpha value is -1.89. The minimum Gasteiger partial charge on any atom is -0.256 e. The molecule has 24 heavy (non-hydrogen) atoms. The molecule has 0 N–H and O–H groups in total. The van der Waals surface area contributed by atoms with E-state index in [0.717, 1.165) is 11.3 Å². The maximum Gasteiger partial charge on any atom is 0.0702 e. The van der Waals surface area contributed by atoms with E-state index in [1.54, 1.807) is 0 Å². The standard InChI is InChI=1S/C23H29N/c1-15-8-9-21(24-14-15)17(3)18-13-20-19(12-16(18)2)22(4,5)10-11-23(20,6)7/h8-9,12-14H,3,10-11H2,1-2,4-7H3. The van der Waals surface area contributed by atoms with Gasteiger partial charge in [0, 0.05) is 11.8 Å². The summed E-state index contributed by atoms with van der Waals surface area (Å²) in [5.41, 5.74) is 9.15. The molecule has 0 amide bonds. The highest BCUT2D eigenvalue weighted by atomic mass is 14.7. The van der Waals surface area contributed by atoms with Gasteiger partial charge in [-0.2, -0.15) is 0 Å². The van der Waals surface area contributed by atoms with Crippen molar-refractivity contribution in [3.63, 3.8) is 0 Å². The number of nitrogens with zero attached hydrogens (tertiary/aromatic N) is 1. The fourth-order valence-electron chi connectivity index (χ4n) is 3.83. The summed E-state index contributed by atoms with van der Waals surface area (Å²) >= 11 is 0. The van der Waals surface area contributed by atoms with Crippen LogP contribution >= 0.6 is 0 Å². The molecule has 0 fully saturated rings. The Morgan fingerprint density at radius 2 is 1.54 bits per heavy atom. The number of rotatable bonds is 2. The monoisotopic (exact) mass is 319 g/mol. The van der Waals surface area contributed by atoms with E-state index >= 15 is 0 Å². The van der Waals surface area contributed by atoms with Gasteiger partial charge in [-0.3, -0.25) is 4.98 Å². The molecule has 0 unspecified atom stereocenters. The number of aromatic nitrogens is 1. The maximum absolute atomic E-state index is 4.57. The molecule has 0 saturated carbocycles. The van der Waals surface area contributed by atoms with Crippen molar-refractivity contribution in [3.8, 4) is 0 Å². The van der Waals surface area contributed by atoms with E-state index in [1.165, 1.54) is 40.7 Å². The van der Waals surface area contributed by atoms with Gasteiger partial charge in [0.15, 0.2) is 0 Å². The lowest BCUT2D eigenvalue weighted by atomic mass is 9.62. The number of hydrogen-bond acceptors (Lipinski definition) is 1. The summed E-state index contributed by atoms with van der Waals surface area (Å²) < 4.78 is 0. The van der Waals surface area contributed by atoms with Crippen LogP contribution in [0.25, 0.3) is 5.57 Å². The van der Waals surface area contributed by atoms with E-state index in [9.17, 15) is 0 Å². The van der Waals surface area contributed by atoms with Crippen LogP contribution in [0.4, 0.5) is 0 Å². The van der Waals surface area contributed by atoms with Crippen molar-refractivity contribution in [3.05, 3.63) is 70.6 Å². The smallest absolute Gasteiger partial charge is 0.0702 e. The van der Waals surface area contributed by atoms with Crippen molar-refractivity contribution in [1.29, 1.82) is 0 Å². The van der Waals surface area contributed by atoms with Gasteiger partial charge in [-0.15, -0.1) is 0 Å². The Balaban J connectivity index is 2.14. The van der Waals surface area contributed by atoms with Gasteiger partial charge in [-0.05, 0) is 77.5 Å². The van der Waals surface area contributed by atoms with Crippen molar-refractivity contribution >= 4 is 5.57 Å². The van der Waals surface area contributed by atoms with E-state index in [1.807, 2.05) is 6.20 Å². The van der Waals surface area contributed by atoms with Crippen LogP contribution in [0.3, 0.4) is 0 Å². The summed E-state index contributed by atoms with van der Waals surface area (Å²) in [6, 6.07) is 8.96. The summed E-state index contributed by atoms with van der Waals surface area (Å²) in [6.07, 6.45) is 4.39. The van der Waals surface area contributed by atoms with Gasteiger partial charge in [0.2, 0.25) is 0 Å². The molecule has 1 aliphatic rings. The van der Waals surface area contributed by atoms with Crippen LogP contribution in [0.15, 0.2) is 37.0 Å². The molecule has 0 spiro atoms. The van der Waals surface area contributed by atoms with Crippen LogP contribution in [0.2, 0.25) is 0 Å². The largest absolute Gasteiger partial charge is 0.256 e. The first-order valence-electron chi connectivity index (χ1n) is 8.90. The van der Waals surface area contributed by atoms with Crippen molar-refractivity contribution in [1.82, 2.24) is 4.98 Å². The summed E-state index contributed by atoms with van der Waals surface area (Å²) in [5, 5.41) is 0. The number of aryl methyl sites for hydroxylation is 2. The zero-order chi connectivity index (χ0) is 17.7. The fourth-order valence-corrected chi connectivity index (χ4v) is 3.83. The average Bonchev–Trinajstić information content (AvgIpc) is 2.52. The predicted molar refractivity (Wildman–Crippen MR) is 104 cm³/mol. The van der Waals surface area contributed by atoms with Crippen LogP contribution in [0, 0.1) is 13.8 Å². The molecule has 1 heterocycles. The first-order valence-corrected chi connectivity index (χ1v) is 8.90. The highest BCUT2D eigenvalue weighted by molar-refractivity contribution is 5.79. The maximum atomic E-state index is 4.57. The molecule has 0 bridgehead atoms. The summed E-state index contributed by atoms with van der Waals surface area (Å²) in [5.74, 6) is 0. The molecule has 1 heteroatoms. The van der Waals surface area contributed by atoms with Gasteiger partial charge in [-0.1, -0.05) is 46.4 Å². The van der Waals surface area contributed by atoms with Gasteiger partial charge in [0.05, 0.1) is 5.69 Å². The van der Waals surface area contributed by atoms with Crippen molar-refractivity contribution in [2.45, 2.75) is 65.2 Å². The van der Waals surface area contributed by atoms with Gasteiger partial charge >= 0.3 is 0 Å². The van der Waals surface area contributed by atoms with Gasteiger partial charge < -0.3 is 0 Å². The number of fused-ring (bicyclic) bond motifs is 1. The predicted octanol–water partition coefficient (Wildman–Crippen LogP) is 6.11. The minimum atomic E-state index is 0.217. The highest BCUT2D eigenvalue weighted by Crippen LogP contribution is 2.47. The molecule has 126 valence electrons. The van der Waals surface area contributed by atoms with Crippen LogP contribution in [-0.2, 0) is 10.8 Å². The van der Waals surface area contributed by atoms with E-state index in [0.29, 0.717) is 0 Å². The number of benzene rings is 1. The molecule has 3 rings (SSSR count). The van der Waals surface area contributed by atoms with Crippen molar-refractivity contribution in [2.75, 3.05) is 0 Å². The highest BCUT2D eigenvalue weighted by Gasteiger charge is 2.37. The summed E-state index contributed by atoms with van der Waals surface area (Å²) in [6.45, 7) is 18.1. The fraction of sp³-hybridized carbons (Fsp3) is 0.435. The molecular formula is C23H29N. The quantitative estimate of drug-likeness (QED) is 0.651. The minimum absolute atomic E-state index is 0.217. The third-order valence-corrected chi connectivity index (χ3v) is 5.74. The first-order chi connectivity index (χ1) is 11.1. The van der Waals surface area contributed by atoms with Crippen LogP contribution < -0.4 is 0 Å². The Kier molecular flexibility index (Phi) is 3.94. The second kappa shape index (κ2) is 5.58. The molecule has 1 aliphatic carbocycles. The molecule has 1 nitrogen and oxygen atoms in total. The summed E-state index contributed by atoms with van der Waals surface area (Å²) in [7, 11) is 0. The molecule has 0 saturated heterocycles. The zero-order valence-electron chi connectivity index (χ0n) is 16.0. The summed E-state index contributed by atoms with van der Waals surface area (Å²) in [4.78, 5) is 4.57. The second-order valence-electron chi connectivity index (χ2n) is 8.68. The molecule has 2 aromatic rings. The number of hydrogen-bond donors (Lipinski definition) is 0. The van der Waals surface area contributed by atoms with Crippen LogP contribution in [0.5, 0.6) is 0 Å². The Labute approximate surface area is 146 Å². The van der Waals surface area contributed by atoms with Crippen LogP contribution in [-0.4, -0.2) is 4.98 Å². The lowest BCUT2D eigenvalue weighted by Crippen LogP contribution is -2.34. The van der Waals surface area contributed by atoms with Gasteiger partial charge in [-0.25, -0.2) is 0 Å². The third kappa shape index (κ3) is 2.81. The molecule has 0 atom stereocenters. The van der Waals surface area contributed by atoms with Gasteiger partial charge in [0.1, 0.15) is 0 Å². The molecule has 1 aromatic carbocycles. The lowest BCUT2D eigenvalue weighted by Gasteiger charge is -2.42. The van der Waals surface area contributed by atoms with E-state index in [4.69, 9.17) is 0 Å². The second-order valence-corrected chi connectivity index (χ2v) is 8.68. The van der Waals surface area contributed by atoms with Gasteiger partial charge in [0.25, 0.3) is 0 Å². The molecular weight excluding hydrogens is 290 g/mol. The lowest BCUT2D eigenvalue weighted by molar-refractivity contribution is 0.331. The third-order valence-electron chi connectivity index (χ3n) is 5.74. The average molecular weight is 319 g/mol. The molecule has 0 radical (unpaired) electrons. The normalized spacial score (nSPS) is 18.1. The topological polar surface area (TPSA) is 12.9 Å². The van der Waals surface area contributed by atoms with E-state index in [-0.39, 0.29) is 10.8 Å². The Morgan fingerprint density at radius 3 is 2.08 bits per heavy atom. The van der Waals surface area contributed by atoms with E-state index < -0.39 is 0 Å². The van der Waals surface area contributed by atoms with E-state index in [2.05, 4.69) is 77.4 Å². The van der Waals surface area contributed by atoms with Crippen LogP contribution in [0.1, 0.15) is 74.0 Å². The Morgan fingerprint density at radius 1 is 0.958 bits per heavy atom. The zero-order valence-corrected chi connectivity index (χ0v) is 16.0. The Bertz CT molecular complexity index is 792. The molecule has 1 aromatic heterocycles. The van der Waals surface area contributed by atoms with Crippen molar-refractivity contribution < 1.29 is 0 Å². The van der Waals surface area contributed by atoms with Crippen molar-refractivity contribution in [2.24, 2.45) is 0 Å². The molecule has 0 aliphatic heterocycles.